The highest BCUT2D eigenvalue weighted by Crippen LogP contribution is 2.42. The van der Waals surface area contributed by atoms with Crippen LogP contribution in [0.25, 0.3) is 22.5 Å². The van der Waals surface area contributed by atoms with E-state index < -0.39 is 35.2 Å². The Bertz CT molecular complexity index is 2520. The van der Waals surface area contributed by atoms with E-state index in [0.29, 0.717) is 77.8 Å². The molecule has 4 aromatic heterocycles. The molecule has 8 rings (SSSR count). The fourth-order valence-electron chi connectivity index (χ4n) is 5.75. The lowest BCUT2D eigenvalue weighted by Crippen LogP contribution is -2.18. The maximum Gasteiger partial charge on any atom is 0.277 e. The standard InChI is InChI=1S/2C20H17N3O5S/c2*1-10-7-15(23-28-10)20(2,26)6-5-11-3-4-14-12(8-11)16-17(13(24)9-27-14)29-19(22-16)18(21)25/h2*3-4,7-8,13,24,26H,9H2,1-2H3,(H2,21,25)/t13-,20+;13-,20-/m01/s1. The minimum Gasteiger partial charge on any atom is -0.490 e. The Morgan fingerprint density at radius 1 is 0.707 bits per heavy atom. The van der Waals surface area contributed by atoms with E-state index in [4.69, 9.17) is 30.0 Å². The highest BCUT2D eigenvalue weighted by Gasteiger charge is 2.30. The number of fused-ring (bicyclic) bond motifs is 6. The molecule has 18 heteroatoms. The van der Waals surface area contributed by atoms with E-state index in [-0.39, 0.29) is 23.2 Å². The number of carbonyl (C=O) groups excluding carboxylic acids is 2. The predicted molar refractivity (Wildman–Crippen MR) is 208 cm³/mol. The van der Waals surface area contributed by atoms with Crippen LogP contribution in [0.4, 0.5) is 0 Å². The summed E-state index contributed by atoms with van der Waals surface area (Å²) in [5, 5.41) is 49.7. The number of primary amides is 2. The van der Waals surface area contributed by atoms with Gasteiger partial charge in [-0.25, -0.2) is 9.97 Å². The zero-order chi connectivity index (χ0) is 41.5. The van der Waals surface area contributed by atoms with Crippen molar-refractivity contribution in [3.05, 3.63) is 102 Å². The van der Waals surface area contributed by atoms with Gasteiger partial charge in [-0.3, -0.25) is 9.59 Å². The van der Waals surface area contributed by atoms with Crippen molar-refractivity contribution in [2.45, 2.75) is 51.1 Å². The van der Waals surface area contributed by atoms with Crippen molar-refractivity contribution in [3.63, 3.8) is 0 Å². The largest absolute Gasteiger partial charge is 0.490 e. The Kier molecular flexibility index (Phi) is 10.7. The summed E-state index contributed by atoms with van der Waals surface area (Å²) in [4.78, 5) is 32.7. The Morgan fingerprint density at radius 3 is 1.45 bits per heavy atom. The minimum absolute atomic E-state index is 0.0334. The number of aliphatic hydroxyl groups is 4. The number of benzene rings is 2. The maximum absolute atomic E-state index is 11.5. The first-order valence-corrected chi connectivity index (χ1v) is 19.0. The van der Waals surface area contributed by atoms with Crippen molar-refractivity contribution in [2.24, 2.45) is 11.5 Å². The second-order valence-corrected chi connectivity index (χ2v) is 15.6. The molecule has 2 amide bonds. The van der Waals surface area contributed by atoms with Crippen LogP contribution in [0.15, 0.2) is 57.6 Å². The van der Waals surface area contributed by atoms with Gasteiger partial charge in [0.05, 0.1) is 21.1 Å². The molecule has 2 aliphatic rings. The van der Waals surface area contributed by atoms with Crippen LogP contribution in [0.5, 0.6) is 11.5 Å². The van der Waals surface area contributed by atoms with Crippen molar-refractivity contribution in [2.75, 3.05) is 13.2 Å². The van der Waals surface area contributed by atoms with Crippen LogP contribution in [0.3, 0.4) is 0 Å². The summed E-state index contributed by atoms with van der Waals surface area (Å²) < 4.78 is 21.3. The second-order valence-electron chi connectivity index (χ2n) is 13.6. The molecule has 4 atom stereocenters. The number of ether oxygens (including phenoxy) is 2. The van der Waals surface area contributed by atoms with Gasteiger partial charge in [0.25, 0.3) is 11.8 Å². The first-order valence-electron chi connectivity index (χ1n) is 17.4. The molecule has 8 N–H and O–H groups in total. The molecular formula is C40H34N6O10S2. The van der Waals surface area contributed by atoms with Crippen molar-refractivity contribution in [1.82, 2.24) is 20.3 Å². The fraction of sp³-hybridized carbons (Fsp3) is 0.250. The third kappa shape index (κ3) is 8.20. The van der Waals surface area contributed by atoms with Gasteiger partial charge in [-0.05, 0) is 64.1 Å². The lowest BCUT2D eigenvalue weighted by Gasteiger charge is -2.12. The molecule has 2 aromatic carbocycles. The number of rotatable bonds is 4. The summed E-state index contributed by atoms with van der Waals surface area (Å²) in [7, 11) is 0. The Morgan fingerprint density at radius 2 is 1.10 bits per heavy atom. The molecule has 0 aliphatic carbocycles. The molecule has 0 unspecified atom stereocenters. The number of amides is 2. The number of hydrogen-bond acceptors (Lipinski definition) is 16. The van der Waals surface area contributed by atoms with Crippen LogP contribution in [0.1, 0.15) is 89.4 Å². The van der Waals surface area contributed by atoms with Crippen LogP contribution in [-0.2, 0) is 11.2 Å². The van der Waals surface area contributed by atoms with Gasteiger partial charge in [0.15, 0.2) is 21.2 Å². The number of carbonyl (C=O) groups is 2. The Labute approximate surface area is 338 Å². The van der Waals surface area contributed by atoms with E-state index in [1.165, 1.54) is 13.8 Å². The average molecular weight is 823 g/mol. The third-order valence-corrected chi connectivity index (χ3v) is 11.1. The monoisotopic (exact) mass is 822 g/mol. The van der Waals surface area contributed by atoms with E-state index in [9.17, 15) is 30.0 Å². The Balaban J connectivity index is 0.000000177. The molecule has 6 aromatic rings. The molecule has 296 valence electrons. The quantitative estimate of drug-likeness (QED) is 0.138. The van der Waals surface area contributed by atoms with E-state index >= 15 is 0 Å². The van der Waals surface area contributed by atoms with Crippen molar-refractivity contribution >= 4 is 34.5 Å². The van der Waals surface area contributed by atoms with Gasteiger partial charge in [-0.15, -0.1) is 22.7 Å². The molecule has 0 bridgehead atoms. The fourth-order valence-corrected chi connectivity index (χ4v) is 7.55. The van der Waals surface area contributed by atoms with Gasteiger partial charge >= 0.3 is 0 Å². The lowest BCUT2D eigenvalue weighted by molar-refractivity contribution is 0.0991. The van der Waals surface area contributed by atoms with Crippen LogP contribution in [-0.4, -0.2) is 65.7 Å². The van der Waals surface area contributed by atoms with Gasteiger partial charge in [0.1, 0.15) is 59.8 Å². The summed E-state index contributed by atoms with van der Waals surface area (Å²) in [5.74, 6) is 12.3. The summed E-state index contributed by atoms with van der Waals surface area (Å²) >= 11 is 2.08. The van der Waals surface area contributed by atoms with Crippen molar-refractivity contribution < 1.29 is 48.5 Å². The summed E-state index contributed by atoms with van der Waals surface area (Å²) in [5.41, 5.74) is 11.5. The molecular weight excluding hydrogens is 789 g/mol. The number of hydrogen-bond donors (Lipinski definition) is 6. The molecule has 2 aliphatic heterocycles. The van der Waals surface area contributed by atoms with E-state index in [1.54, 1.807) is 62.4 Å². The number of nitrogens with two attached hydrogens (primary N) is 2. The lowest BCUT2D eigenvalue weighted by atomic mass is 10.0. The molecule has 0 radical (unpaired) electrons. The molecule has 0 saturated carbocycles. The molecule has 0 spiro atoms. The van der Waals surface area contributed by atoms with Gasteiger partial charge in [0.2, 0.25) is 0 Å². The molecule has 6 heterocycles. The van der Waals surface area contributed by atoms with Gasteiger partial charge in [0, 0.05) is 34.4 Å². The second kappa shape index (κ2) is 15.5. The van der Waals surface area contributed by atoms with Crippen LogP contribution in [0, 0.1) is 37.5 Å². The van der Waals surface area contributed by atoms with E-state index in [2.05, 4.69) is 44.0 Å². The van der Waals surface area contributed by atoms with Gasteiger partial charge in [-0.1, -0.05) is 34.0 Å². The third-order valence-electron chi connectivity index (χ3n) is 8.75. The number of aliphatic hydroxyl groups excluding tert-OH is 2. The highest BCUT2D eigenvalue weighted by atomic mass is 32.1. The van der Waals surface area contributed by atoms with Crippen LogP contribution >= 0.6 is 22.7 Å². The Hall–Kier alpha value is -6.38. The highest BCUT2D eigenvalue weighted by molar-refractivity contribution is 7.14. The smallest absolute Gasteiger partial charge is 0.277 e. The number of aryl methyl sites for hydroxylation is 2. The van der Waals surface area contributed by atoms with Crippen LogP contribution in [0.2, 0.25) is 0 Å². The first-order chi connectivity index (χ1) is 27.5. The first kappa shape index (κ1) is 39.8. The van der Waals surface area contributed by atoms with Gasteiger partial charge in [-0.2, -0.15) is 0 Å². The van der Waals surface area contributed by atoms with E-state index in [0.717, 1.165) is 22.7 Å². The molecule has 16 nitrogen and oxygen atoms in total. The molecule has 58 heavy (non-hydrogen) atoms. The number of aromatic nitrogens is 4. The maximum atomic E-state index is 11.5. The summed E-state index contributed by atoms with van der Waals surface area (Å²) in [6, 6.07) is 13.6. The number of thiazole rings is 2. The van der Waals surface area contributed by atoms with Crippen molar-refractivity contribution in [3.8, 4) is 57.7 Å². The zero-order valence-corrected chi connectivity index (χ0v) is 32.8. The van der Waals surface area contributed by atoms with Crippen LogP contribution < -0.4 is 20.9 Å². The predicted octanol–water partition coefficient (Wildman–Crippen LogP) is 3.78. The normalized spacial score (nSPS) is 17.0. The molecule has 0 fully saturated rings. The summed E-state index contributed by atoms with van der Waals surface area (Å²) in [6.07, 6.45) is -1.85. The topological polar surface area (TPSA) is 263 Å². The van der Waals surface area contributed by atoms with Crippen molar-refractivity contribution in [1.29, 1.82) is 0 Å². The molecule has 0 saturated heterocycles. The van der Waals surface area contributed by atoms with Gasteiger partial charge < -0.3 is 50.4 Å². The summed E-state index contributed by atoms with van der Waals surface area (Å²) in [6.45, 7) is 6.58. The minimum atomic E-state index is -1.50. The van der Waals surface area contributed by atoms with E-state index in [1.807, 2.05) is 0 Å². The zero-order valence-electron chi connectivity index (χ0n) is 31.2. The SMILES string of the molecule is Cc1cc([C@](C)(O)C#Cc2ccc3c(c2)-c2nc(C(N)=O)sc2[C@@H](O)CO3)no1.Cc1cc([C@](C)(O)C#Cc2ccc3c(c2)-c2nc(C(N)=O)sc2[C@H](O)CO3)no1. The average Bonchev–Trinajstić information content (AvgIpc) is 4.00. The number of nitrogens with zero attached hydrogens (tertiary/aromatic N) is 4.